The lowest BCUT2D eigenvalue weighted by Gasteiger charge is -2.17. The number of carbonyl (C=O) groups is 2. The van der Waals surface area contributed by atoms with Crippen LogP contribution in [0, 0.1) is 11.8 Å². The van der Waals surface area contributed by atoms with Crippen LogP contribution in [0.15, 0.2) is 12.7 Å². The summed E-state index contributed by atoms with van der Waals surface area (Å²) in [5.41, 5.74) is 0. The van der Waals surface area contributed by atoms with E-state index in [2.05, 4.69) is 11.3 Å². The van der Waals surface area contributed by atoms with Crippen molar-refractivity contribution in [2.24, 2.45) is 11.8 Å². The molecule has 0 unspecified atom stereocenters. The predicted molar refractivity (Wildman–Crippen MR) is 56.4 cm³/mol. The van der Waals surface area contributed by atoms with Crippen LogP contribution in [0.1, 0.15) is 6.42 Å². The van der Waals surface area contributed by atoms with Crippen LogP contribution in [-0.2, 0) is 14.3 Å². The third-order valence-electron chi connectivity index (χ3n) is 2.98. The minimum atomic E-state index is -4.88. The SMILES string of the molecule is C=C[C@@H]1CN(C(=O)C(F)(F)F)C[C@H]1CC(=O)OC. The fourth-order valence-corrected chi connectivity index (χ4v) is 2.02. The van der Waals surface area contributed by atoms with Gasteiger partial charge in [0.1, 0.15) is 0 Å². The molecule has 0 spiro atoms. The van der Waals surface area contributed by atoms with Crippen molar-refractivity contribution in [1.29, 1.82) is 0 Å². The van der Waals surface area contributed by atoms with Gasteiger partial charge in [0, 0.05) is 13.1 Å². The second kappa shape index (κ2) is 5.41. The Balaban J connectivity index is 2.71. The van der Waals surface area contributed by atoms with Crippen molar-refractivity contribution in [2.45, 2.75) is 12.6 Å². The number of ether oxygens (including phenoxy) is 1. The summed E-state index contributed by atoms with van der Waals surface area (Å²) in [6.07, 6.45) is -3.43. The van der Waals surface area contributed by atoms with Gasteiger partial charge in [-0.2, -0.15) is 13.2 Å². The maximum atomic E-state index is 12.3. The van der Waals surface area contributed by atoms with Crippen LogP contribution in [-0.4, -0.2) is 43.2 Å². The van der Waals surface area contributed by atoms with Gasteiger partial charge in [0.25, 0.3) is 0 Å². The topological polar surface area (TPSA) is 46.6 Å². The molecule has 2 atom stereocenters. The molecule has 18 heavy (non-hydrogen) atoms. The lowest BCUT2D eigenvalue weighted by atomic mass is 9.93. The Morgan fingerprint density at radius 1 is 1.44 bits per heavy atom. The van der Waals surface area contributed by atoms with E-state index in [4.69, 9.17) is 0 Å². The maximum absolute atomic E-state index is 12.3. The Morgan fingerprint density at radius 3 is 2.50 bits per heavy atom. The summed E-state index contributed by atoms with van der Waals surface area (Å²) in [7, 11) is 1.21. The van der Waals surface area contributed by atoms with E-state index in [9.17, 15) is 22.8 Å². The molecule has 0 aromatic carbocycles. The molecule has 0 aromatic rings. The smallest absolute Gasteiger partial charge is 0.469 e. The van der Waals surface area contributed by atoms with Crippen molar-refractivity contribution in [3.63, 3.8) is 0 Å². The van der Waals surface area contributed by atoms with E-state index in [-0.39, 0.29) is 31.3 Å². The first-order chi connectivity index (χ1) is 8.29. The molecule has 0 aliphatic carbocycles. The van der Waals surface area contributed by atoms with Crippen molar-refractivity contribution in [1.82, 2.24) is 4.90 Å². The van der Waals surface area contributed by atoms with Gasteiger partial charge in [0.05, 0.1) is 13.5 Å². The monoisotopic (exact) mass is 265 g/mol. The van der Waals surface area contributed by atoms with Gasteiger partial charge in [-0.15, -0.1) is 6.58 Å². The van der Waals surface area contributed by atoms with E-state index >= 15 is 0 Å². The Labute approximate surface area is 102 Å². The van der Waals surface area contributed by atoms with Gasteiger partial charge in [0.15, 0.2) is 0 Å². The fraction of sp³-hybridized carbons (Fsp3) is 0.636. The highest BCUT2D eigenvalue weighted by Crippen LogP contribution is 2.30. The van der Waals surface area contributed by atoms with Crippen molar-refractivity contribution < 1.29 is 27.5 Å². The third-order valence-corrected chi connectivity index (χ3v) is 2.98. The number of esters is 1. The van der Waals surface area contributed by atoms with E-state index in [0.717, 1.165) is 0 Å². The number of likely N-dealkylation sites (tertiary alicyclic amines) is 1. The number of alkyl halides is 3. The second-order valence-electron chi connectivity index (χ2n) is 4.15. The van der Waals surface area contributed by atoms with Gasteiger partial charge >= 0.3 is 18.1 Å². The zero-order valence-corrected chi connectivity index (χ0v) is 9.87. The van der Waals surface area contributed by atoms with E-state index < -0.39 is 18.1 Å². The second-order valence-corrected chi connectivity index (χ2v) is 4.15. The Morgan fingerprint density at radius 2 is 2.06 bits per heavy atom. The Kier molecular flexibility index (Phi) is 4.37. The number of nitrogens with zero attached hydrogens (tertiary/aromatic N) is 1. The van der Waals surface area contributed by atoms with E-state index in [1.807, 2.05) is 0 Å². The van der Waals surface area contributed by atoms with Crippen LogP contribution < -0.4 is 0 Å². The van der Waals surface area contributed by atoms with E-state index in [1.165, 1.54) is 13.2 Å². The van der Waals surface area contributed by atoms with Crippen LogP contribution in [0.25, 0.3) is 0 Å². The quantitative estimate of drug-likeness (QED) is 0.572. The molecule has 0 saturated carbocycles. The predicted octanol–water partition coefficient (Wildman–Crippen LogP) is 1.37. The van der Waals surface area contributed by atoms with Gasteiger partial charge < -0.3 is 9.64 Å². The van der Waals surface area contributed by atoms with Gasteiger partial charge in [-0.1, -0.05) is 6.08 Å². The average molecular weight is 265 g/mol. The van der Waals surface area contributed by atoms with Crippen LogP contribution in [0.3, 0.4) is 0 Å². The standard InChI is InChI=1S/C11H14F3NO3/c1-3-7-5-15(10(17)11(12,13)14)6-8(7)4-9(16)18-2/h3,7-8H,1,4-6H2,2H3/t7-,8-/m1/s1. The molecule has 0 bridgehead atoms. The molecule has 102 valence electrons. The summed E-state index contributed by atoms with van der Waals surface area (Å²) in [5.74, 6) is -3.08. The summed E-state index contributed by atoms with van der Waals surface area (Å²) in [4.78, 5) is 22.9. The molecule has 1 heterocycles. The largest absolute Gasteiger partial charge is 0.471 e. The minimum absolute atomic E-state index is 0.0190. The Hall–Kier alpha value is -1.53. The first kappa shape index (κ1) is 14.5. The number of methoxy groups -OCH3 is 1. The molecular formula is C11H14F3NO3. The Bertz CT molecular complexity index is 354. The molecule has 1 fully saturated rings. The highest BCUT2D eigenvalue weighted by molar-refractivity contribution is 5.82. The molecule has 4 nitrogen and oxygen atoms in total. The van der Waals surface area contributed by atoms with Crippen molar-refractivity contribution >= 4 is 11.9 Å². The van der Waals surface area contributed by atoms with Crippen LogP contribution in [0.2, 0.25) is 0 Å². The number of halogens is 3. The lowest BCUT2D eigenvalue weighted by molar-refractivity contribution is -0.184. The molecule has 1 aliphatic heterocycles. The molecule has 0 radical (unpaired) electrons. The minimum Gasteiger partial charge on any atom is -0.469 e. The third kappa shape index (κ3) is 3.24. The van der Waals surface area contributed by atoms with Crippen LogP contribution >= 0.6 is 0 Å². The van der Waals surface area contributed by atoms with Gasteiger partial charge in [-0.3, -0.25) is 9.59 Å². The molecule has 1 amide bonds. The molecule has 1 saturated heterocycles. The highest BCUT2D eigenvalue weighted by Gasteiger charge is 2.46. The first-order valence-electron chi connectivity index (χ1n) is 5.35. The molecule has 1 rings (SSSR count). The van der Waals surface area contributed by atoms with Gasteiger partial charge in [0.2, 0.25) is 0 Å². The van der Waals surface area contributed by atoms with E-state index in [1.54, 1.807) is 0 Å². The zero-order valence-electron chi connectivity index (χ0n) is 9.87. The normalized spacial score (nSPS) is 23.9. The number of hydrogen-bond acceptors (Lipinski definition) is 3. The summed E-state index contributed by atoms with van der Waals surface area (Å²) in [6.45, 7) is 3.34. The molecule has 0 aromatic heterocycles. The van der Waals surface area contributed by atoms with Crippen molar-refractivity contribution in [3.8, 4) is 0 Å². The zero-order chi connectivity index (χ0) is 13.9. The lowest BCUT2D eigenvalue weighted by Crippen LogP contribution is -2.39. The number of amides is 1. The number of hydrogen-bond donors (Lipinski definition) is 0. The number of rotatable bonds is 3. The summed E-state index contributed by atoms with van der Waals surface area (Å²) >= 11 is 0. The molecular weight excluding hydrogens is 251 g/mol. The highest BCUT2D eigenvalue weighted by atomic mass is 19.4. The van der Waals surface area contributed by atoms with Crippen LogP contribution in [0.5, 0.6) is 0 Å². The van der Waals surface area contributed by atoms with Crippen molar-refractivity contribution in [3.05, 3.63) is 12.7 Å². The van der Waals surface area contributed by atoms with Gasteiger partial charge in [-0.25, -0.2) is 0 Å². The van der Waals surface area contributed by atoms with Crippen molar-refractivity contribution in [2.75, 3.05) is 20.2 Å². The van der Waals surface area contributed by atoms with Gasteiger partial charge in [-0.05, 0) is 11.8 Å². The summed E-state index contributed by atoms with van der Waals surface area (Å²) < 4.78 is 41.3. The maximum Gasteiger partial charge on any atom is 0.471 e. The fourth-order valence-electron chi connectivity index (χ4n) is 2.02. The van der Waals surface area contributed by atoms with E-state index in [0.29, 0.717) is 4.90 Å². The summed E-state index contributed by atoms with van der Waals surface area (Å²) in [5, 5.41) is 0. The average Bonchev–Trinajstić information content (AvgIpc) is 2.69. The molecule has 7 heteroatoms. The number of carbonyl (C=O) groups excluding carboxylic acids is 2. The molecule has 0 N–H and O–H groups in total. The molecule has 1 aliphatic rings. The first-order valence-corrected chi connectivity index (χ1v) is 5.35. The van der Waals surface area contributed by atoms with Crippen LogP contribution in [0.4, 0.5) is 13.2 Å². The summed E-state index contributed by atoms with van der Waals surface area (Å²) in [6, 6.07) is 0.